The van der Waals surface area contributed by atoms with Crippen LogP contribution in [0.15, 0.2) is 16.5 Å². The number of furan rings is 1. The third-order valence-electron chi connectivity index (χ3n) is 1.48. The number of nitrogen functional groups attached to an aromatic ring is 1. The fourth-order valence-corrected chi connectivity index (χ4v) is 0.842. The highest BCUT2D eigenvalue weighted by Gasteiger charge is 2.09. The molecule has 0 aliphatic rings. The van der Waals surface area contributed by atoms with Crippen LogP contribution in [0.5, 0.6) is 0 Å². The van der Waals surface area contributed by atoms with Crippen LogP contribution in [0, 0.1) is 0 Å². The summed E-state index contributed by atoms with van der Waals surface area (Å²) in [6.45, 7) is 7.05. The lowest BCUT2D eigenvalue weighted by molar-refractivity contribution is 0.392. The first-order valence-electron chi connectivity index (χ1n) is 4.06. The van der Waals surface area contributed by atoms with Gasteiger partial charge in [-0.25, -0.2) is 0 Å². The molecule has 0 fully saturated rings. The molecule has 0 bridgehead atoms. The third-order valence-corrected chi connectivity index (χ3v) is 1.48. The van der Waals surface area contributed by atoms with E-state index < -0.39 is 0 Å². The number of hydrogen-bond donors (Lipinski definition) is 2. The SMILES string of the molecule is CC(C)(C)NCc1ccc(N)o1. The molecule has 0 aromatic carbocycles. The van der Waals surface area contributed by atoms with Crippen molar-refractivity contribution < 1.29 is 4.42 Å². The molecule has 68 valence electrons. The molecule has 0 saturated carbocycles. The van der Waals surface area contributed by atoms with Gasteiger partial charge in [0.2, 0.25) is 0 Å². The Hall–Kier alpha value is -0.960. The molecule has 0 radical (unpaired) electrons. The number of nitrogens with one attached hydrogen (secondary N) is 1. The van der Waals surface area contributed by atoms with Crippen LogP contribution in [0.2, 0.25) is 0 Å². The van der Waals surface area contributed by atoms with E-state index in [1.165, 1.54) is 0 Å². The van der Waals surface area contributed by atoms with Crippen LogP contribution in [0.25, 0.3) is 0 Å². The van der Waals surface area contributed by atoms with Crippen molar-refractivity contribution in [2.45, 2.75) is 32.9 Å². The monoisotopic (exact) mass is 168 g/mol. The van der Waals surface area contributed by atoms with E-state index in [2.05, 4.69) is 26.1 Å². The Morgan fingerprint density at radius 3 is 2.50 bits per heavy atom. The van der Waals surface area contributed by atoms with Crippen molar-refractivity contribution in [3.05, 3.63) is 17.9 Å². The lowest BCUT2D eigenvalue weighted by Crippen LogP contribution is -2.34. The van der Waals surface area contributed by atoms with Gasteiger partial charge in [-0.1, -0.05) is 0 Å². The van der Waals surface area contributed by atoms with Crippen LogP contribution in [-0.4, -0.2) is 5.54 Å². The quantitative estimate of drug-likeness (QED) is 0.707. The molecule has 3 nitrogen and oxygen atoms in total. The highest BCUT2D eigenvalue weighted by Crippen LogP contribution is 2.10. The first-order valence-corrected chi connectivity index (χ1v) is 4.06. The summed E-state index contributed by atoms with van der Waals surface area (Å²) in [4.78, 5) is 0. The van der Waals surface area contributed by atoms with Gasteiger partial charge in [0.25, 0.3) is 0 Å². The van der Waals surface area contributed by atoms with E-state index in [1.54, 1.807) is 6.07 Å². The number of rotatable bonds is 2. The zero-order chi connectivity index (χ0) is 9.19. The topological polar surface area (TPSA) is 51.2 Å². The van der Waals surface area contributed by atoms with Gasteiger partial charge in [-0.15, -0.1) is 0 Å². The fraction of sp³-hybridized carbons (Fsp3) is 0.556. The highest BCUT2D eigenvalue weighted by molar-refractivity contribution is 5.25. The average molecular weight is 168 g/mol. The maximum absolute atomic E-state index is 5.42. The smallest absolute Gasteiger partial charge is 0.190 e. The van der Waals surface area contributed by atoms with Gasteiger partial charge in [0.05, 0.1) is 6.54 Å². The minimum absolute atomic E-state index is 0.113. The van der Waals surface area contributed by atoms with Gasteiger partial charge in [-0.2, -0.15) is 0 Å². The zero-order valence-electron chi connectivity index (χ0n) is 7.85. The van der Waals surface area contributed by atoms with Crippen LogP contribution in [0.4, 0.5) is 5.88 Å². The van der Waals surface area contributed by atoms with Gasteiger partial charge in [0.15, 0.2) is 5.88 Å². The lowest BCUT2D eigenvalue weighted by Gasteiger charge is -2.19. The van der Waals surface area contributed by atoms with E-state index in [0.717, 1.165) is 12.3 Å². The predicted octanol–water partition coefficient (Wildman–Crippen LogP) is 1.75. The molecule has 1 heterocycles. The summed E-state index contributed by atoms with van der Waals surface area (Å²) in [6, 6.07) is 3.65. The summed E-state index contributed by atoms with van der Waals surface area (Å²) in [5.74, 6) is 1.35. The second-order valence-electron chi connectivity index (χ2n) is 3.91. The van der Waals surface area contributed by atoms with Gasteiger partial charge in [-0.05, 0) is 26.8 Å². The molecule has 1 aromatic rings. The Morgan fingerprint density at radius 1 is 1.42 bits per heavy atom. The molecule has 0 saturated heterocycles. The molecule has 0 atom stereocenters. The summed E-state index contributed by atoms with van der Waals surface area (Å²) < 4.78 is 5.19. The van der Waals surface area contributed by atoms with Gasteiger partial charge < -0.3 is 15.5 Å². The van der Waals surface area contributed by atoms with Crippen LogP contribution in [-0.2, 0) is 6.54 Å². The first kappa shape index (κ1) is 9.13. The van der Waals surface area contributed by atoms with E-state index in [1.807, 2.05) is 6.07 Å². The molecule has 1 aromatic heterocycles. The van der Waals surface area contributed by atoms with Crippen molar-refractivity contribution in [3.63, 3.8) is 0 Å². The van der Waals surface area contributed by atoms with Crippen LogP contribution < -0.4 is 11.1 Å². The molecule has 0 aliphatic heterocycles. The number of hydrogen-bond acceptors (Lipinski definition) is 3. The van der Waals surface area contributed by atoms with E-state index in [4.69, 9.17) is 10.2 Å². The van der Waals surface area contributed by atoms with E-state index in [-0.39, 0.29) is 5.54 Å². The second kappa shape index (κ2) is 3.19. The molecule has 0 aliphatic carbocycles. The summed E-state index contributed by atoms with van der Waals surface area (Å²) in [7, 11) is 0. The Bertz CT molecular complexity index is 247. The van der Waals surface area contributed by atoms with Crippen LogP contribution in [0.3, 0.4) is 0 Å². The Morgan fingerprint density at radius 2 is 2.08 bits per heavy atom. The lowest BCUT2D eigenvalue weighted by atomic mass is 10.1. The normalized spacial score (nSPS) is 11.9. The van der Waals surface area contributed by atoms with Crippen LogP contribution >= 0.6 is 0 Å². The second-order valence-corrected chi connectivity index (χ2v) is 3.91. The fourth-order valence-electron chi connectivity index (χ4n) is 0.842. The summed E-state index contributed by atoms with van der Waals surface area (Å²) >= 11 is 0. The summed E-state index contributed by atoms with van der Waals surface area (Å²) in [5, 5.41) is 3.30. The predicted molar refractivity (Wildman–Crippen MR) is 49.7 cm³/mol. The van der Waals surface area contributed by atoms with Gasteiger partial charge in [-0.3, -0.25) is 0 Å². The maximum atomic E-state index is 5.42. The minimum Gasteiger partial charge on any atom is -0.445 e. The van der Waals surface area contributed by atoms with Gasteiger partial charge >= 0.3 is 0 Å². The van der Waals surface area contributed by atoms with Crippen LogP contribution in [0.1, 0.15) is 26.5 Å². The zero-order valence-corrected chi connectivity index (χ0v) is 7.85. The van der Waals surface area contributed by atoms with Gasteiger partial charge in [0.1, 0.15) is 5.76 Å². The Labute approximate surface area is 72.9 Å². The van der Waals surface area contributed by atoms with Crippen molar-refractivity contribution in [3.8, 4) is 0 Å². The first-order chi connectivity index (χ1) is 5.47. The highest BCUT2D eigenvalue weighted by atomic mass is 16.4. The molecule has 0 unspecified atom stereocenters. The van der Waals surface area contributed by atoms with E-state index in [9.17, 15) is 0 Å². The number of nitrogens with two attached hydrogens (primary N) is 1. The Balaban J connectivity index is 2.44. The third kappa shape index (κ3) is 2.96. The molecular formula is C9H16N2O. The molecule has 12 heavy (non-hydrogen) atoms. The summed E-state index contributed by atoms with van der Waals surface area (Å²) in [6.07, 6.45) is 0. The number of anilines is 1. The van der Waals surface area contributed by atoms with Crippen molar-refractivity contribution in [1.29, 1.82) is 0 Å². The largest absolute Gasteiger partial charge is 0.445 e. The Kier molecular flexibility index (Phi) is 2.43. The van der Waals surface area contributed by atoms with Crippen molar-refractivity contribution >= 4 is 5.88 Å². The molecule has 3 N–H and O–H groups in total. The molecule has 0 spiro atoms. The standard InChI is InChI=1S/C9H16N2O/c1-9(2,3)11-6-7-4-5-8(10)12-7/h4-5,11H,6,10H2,1-3H3. The van der Waals surface area contributed by atoms with E-state index >= 15 is 0 Å². The molecule has 3 heteroatoms. The van der Waals surface area contributed by atoms with Crippen molar-refractivity contribution in [2.75, 3.05) is 5.73 Å². The molecule has 0 amide bonds. The molecular weight excluding hydrogens is 152 g/mol. The van der Waals surface area contributed by atoms with E-state index in [0.29, 0.717) is 5.88 Å². The van der Waals surface area contributed by atoms with Crippen molar-refractivity contribution in [2.24, 2.45) is 0 Å². The molecule has 1 rings (SSSR count). The minimum atomic E-state index is 0.113. The van der Waals surface area contributed by atoms with Gasteiger partial charge in [0, 0.05) is 11.6 Å². The van der Waals surface area contributed by atoms with Crippen molar-refractivity contribution in [1.82, 2.24) is 5.32 Å². The summed E-state index contributed by atoms with van der Waals surface area (Å²) in [5.41, 5.74) is 5.54. The average Bonchev–Trinajstić information content (AvgIpc) is 2.30. The maximum Gasteiger partial charge on any atom is 0.190 e.